The maximum absolute atomic E-state index is 12.6. The Kier molecular flexibility index (Phi) is 5.74. The Morgan fingerprint density at radius 2 is 1.90 bits per heavy atom. The summed E-state index contributed by atoms with van der Waals surface area (Å²) < 4.78 is 0. The van der Waals surface area contributed by atoms with Crippen molar-refractivity contribution in [3.05, 3.63) is 74.4 Å². The normalized spacial score (nSPS) is 14.7. The van der Waals surface area contributed by atoms with E-state index in [9.17, 15) is 14.9 Å². The van der Waals surface area contributed by atoms with Crippen LogP contribution in [0.25, 0.3) is 10.9 Å². The van der Waals surface area contributed by atoms with Crippen molar-refractivity contribution in [3.8, 4) is 0 Å². The van der Waals surface area contributed by atoms with Crippen LogP contribution in [-0.4, -0.2) is 34.9 Å². The molecule has 30 heavy (non-hydrogen) atoms. The summed E-state index contributed by atoms with van der Waals surface area (Å²) in [7, 11) is 0. The molecule has 0 aliphatic carbocycles. The van der Waals surface area contributed by atoms with Gasteiger partial charge < -0.3 is 10.2 Å². The Labute approximate surface area is 182 Å². The van der Waals surface area contributed by atoms with Gasteiger partial charge >= 0.3 is 0 Å². The number of non-ortho nitro benzene ring substituents is 1. The highest BCUT2D eigenvalue weighted by Crippen LogP contribution is 2.30. The summed E-state index contributed by atoms with van der Waals surface area (Å²) in [5, 5.41) is 15.6. The first kappa shape index (κ1) is 20.4. The maximum Gasteiger partial charge on any atom is 0.270 e. The van der Waals surface area contributed by atoms with E-state index >= 15 is 0 Å². The number of rotatable bonds is 4. The fourth-order valence-corrected chi connectivity index (χ4v) is 4.14. The average Bonchev–Trinajstić information content (AvgIpc) is 2.73. The second-order valence-electron chi connectivity index (χ2n) is 7.15. The van der Waals surface area contributed by atoms with E-state index < -0.39 is 4.92 Å². The minimum absolute atomic E-state index is 0.00237. The van der Waals surface area contributed by atoms with Gasteiger partial charge in [0.25, 0.3) is 11.6 Å². The van der Waals surface area contributed by atoms with Crippen molar-refractivity contribution in [2.75, 3.05) is 18.0 Å². The van der Waals surface area contributed by atoms with E-state index in [4.69, 9.17) is 23.2 Å². The first-order chi connectivity index (χ1) is 14.4. The van der Waals surface area contributed by atoms with Crippen molar-refractivity contribution >= 4 is 51.4 Å². The molecule has 4 rings (SSSR count). The minimum atomic E-state index is -0.542. The molecule has 7 nitrogen and oxygen atoms in total. The number of nitro groups is 1. The number of amides is 1. The Hall–Kier alpha value is -2.90. The fraction of sp³-hybridized carbons (Fsp3) is 0.238. The number of carbonyl (C=O) groups is 1. The highest BCUT2D eigenvalue weighted by atomic mass is 35.5. The van der Waals surface area contributed by atoms with E-state index in [1.165, 1.54) is 18.2 Å². The van der Waals surface area contributed by atoms with Gasteiger partial charge in [-0.3, -0.25) is 19.9 Å². The highest BCUT2D eigenvalue weighted by Gasteiger charge is 2.24. The van der Waals surface area contributed by atoms with Gasteiger partial charge in [0.2, 0.25) is 0 Å². The van der Waals surface area contributed by atoms with E-state index in [2.05, 4.69) is 15.2 Å². The molecular formula is C21H18Cl2N4O3. The van der Waals surface area contributed by atoms with Crippen molar-refractivity contribution in [1.29, 1.82) is 0 Å². The number of anilines is 1. The summed E-state index contributed by atoms with van der Waals surface area (Å²) >= 11 is 12.1. The number of halogens is 2. The van der Waals surface area contributed by atoms with Crippen LogP contribution in [0.5, 0.6) is 0 Å². The topological polar surface area (TPSA) is 88.4 Å². The van der Waals surface area contributed by atoms with Gasteiger partial charge in [-0.05, 0) is 43.2 Å². The third kappa shape index (κ3) is 4.17. The van der Waals surface area contributed by atoms with Crippen LogP contribution in [0.2, 0.25) is 10.0 Å². The molecule has 1 amide bonds. The van der Waals surface area contributed by atoms with Crippen LogP contribution in [0.15, 0.2) is 48.7 Å². The number of hydrogen-bond donors (Lipinski definition) is 1. The van der Waals surface area contributed by atoms with Crippen LogP contribution in [0.3, 0.4) is 0 Å². The molecule has 1 fully saturated rings. The Morgan fingerprint density at radius 3 is 2.60 bits per heavy atom. The molecule has 9 heteroatoms. The van der Waals surface area contributed by atoms with Gasteiger partial charge in [0, 0.05) is 53.6 Å². The number of pyridine rings is 1. The van der Waals surface area contributed by atoms with Crippen LogP contribution in [0.4, 0.5) is 11.4 Å². The van der Waals surface area contributed by atoms with Crippen LogP contribution in [0, 0.1) is 10.1 Å². The largest absolute Gasteiger partial charge is 0.371 e. The molecule has 2 aromatic carbocycles. The van der Waals surface area contributed by atoms with Gasteiger partial charge in [0.05, 0.1) is 21.0 Å². The summed E-state index contributed by atoms with van der Waals surface area (Å²) in [6, 6.07) is 11.5. The van der Waals surface area contributed by atoms with Gasteiger partial charge in [-0.1, -0.05) is 23.2 Å². The van der Waals surface area contributed by atoms with E-state index in [0.29, 0.717) is 5.02 Å². The summed E-state index contributed by atoms with van der Waals surface area (Å²) in [5.41, 5.74) is 2.04. The third-order valence-corrected chi connectivity index (χ3v) is 5.81. The number of piperidine rings is 1. The van der Waals surface area contributed by atoms with E-state index in [-0.39, 0.29) is 28.2 Å². The number of nitrogens with zero attached hydrogens (tertiary/aromatic N) is 3. The lowest BCUT2D eigenvalue weighted by Crippen LogP contribution is -2.44. The predicted octanol–water partition coefficient (Wildman–Crippen LogP) is 4.85. The Bertz CT molecular complexity index is 1130. The van der Waals surface area contributed by atoms with Crippen molar-refractivity contribution < 1.29 is 9.72 Å². The number of fused-ring (bicyclic) bond motifs is 1. The highest BCUT2D eigenvalue weighted by molar-refractivity contribution is 6.34. The number of benzene rings is 2. The zero-order valence-electron chi connectivity index (χ0n) is 15.8. The maximum atomic E-state index is 12.6. The molecular weight excluding hydrogens is 427 g/mol. The molecule has 1 aliphatic rings. The molecule has 0 bridgehead atoms. The monoisotopic (exact) mass is 444 g/mol. The number of nitrogens with one attached hydrogen (secondary N) is 1. The molecule has 2 heterocycles. The lowest BCUT2D eigenvalue weighted by atomic mass is 10.0. The molecule has 1 aliphatic heterocycles. The number of aromatic nitrogens is 1. The fourth-order valence-electron chi connectivity index (χ4n) is 3.71. The molecule has 0 saturated carbocycles. The zero-order valence-corrected chi connectivity index (χ0v) is 17.4. The second kappa shape index (κ2) is 8.45. The van der Waals surface area contributed by atoms with Crippen molar-refractivity contribution in [2.45, 2.75) is 18.9 Å². The van der Waals surface area contributed by atoms with Gasteiger partial charge in [0.1, 0.15) is 0 Å². The molecule has 1 aromatic heterocycles. The summed E-state index contributed by atoms with van der Waals surface area (Å²) in [6.07, 6.45) is 3.32. The van der Waals surface area contributed by atoms with Crippen molar-refractivity contribution in [1.82, 2.24) is 10.3 Å². The lowest BCUT2D eigenvalue weighted by Gasteiger charge is -2.34. The molecule has 0 unspecified atom stereocenters. The zero-order chi connectivity index (χ0) is 21.3. The van der Waals surface area contributed by atoms with E-state index in [1.54, 1.807) is 6.20 Å². The summed E-state index contributed by atoms with van der Waals surface area (Å²) in [6.45, 7) is 1.56. The van der Waals surface area contributed by atoms with E-state index in [1.807, 2.05) is 24.3 Å². The number of hydrogen-bond acceptors (Lipinski definition) is 5. The predicted molar refractivity (Wildman–Crippen MR) is 118 cm³/mol. The number of nitro benzene ring substituents is 1. The van der Waals surface area contributed by atoms with Crippen LogP contribution in [0.1, 0.15) is 23.2 Å². The van der Waals surface area contributed by atoms with Gasteiger partial charge in [-0.25, -0.2) is 0 Å². The quantitative estimate of drug-likeness (QED) is 0.458. The molecule has 1 N–H and O–H groups in total. The smallest absolute Gasteiger partial charge is 0.270 e. The van der Waals surface area contributed by atoms with Crippen molar-refractivity contribution in [3.63, 3.8) is 0 Å². The van der Waals surface area contributed by atoms with E-state index in [0.717, 1.165) is 42.5 Å². The Morgan fingerprint density at radius 1 is 1.13 bits per heavy atom. The standard InChI is InChI=1S/C21H18Cl2N4O3/c22-13-1-3-17-19(11-13)24-8-5-20(17)26-9-6-14(7-10-26)25-21(28)16-4-2-15(27(29)30)12-18(16)23/h1-5,8,11-12,14H,6-7,9-10H2,(H,25,28). The average molecular weight is 445 g/mol. The summed E-state index contributed by atoms with van der Waals surface area (Å²) in [4.78, 5) is 29.5. The van der Waals surface area contributed by atoms with Crippen LogP contribution >= 0.6 is 23.2 Å². The van der Waals surface area contributed by atoms with Crippen LogP contribution in [-0.2, 0) is 0 Å². The molecule has 154 valence electrons. The first-order valence-electron chi connectivity index (χ1n) is 9.46. The molecule has 0 spiro atoms. The SMILES string of the molecule is O=C(NC1CCN(c2ccnc3cc(Cl)ccc23)CC1)c1ccc([N+](=O)[O-])cc1Cl. The van der Waals surface area contributed by atoms with Gasteiger partial charge in [-0.2, -0.15) is 0 Å². The second-order valence-corrected chi connectivity index (χ2v) is 7.99. The third-order valence-electron chi connectivity index (χ3n) is 5.26. The molecule has 0 atom stereocenters. The molecule has 1 saturated heterocycles. The minimum Gasteiger partial charge on any atom is -0.371 e. The first-order valence-corrected chi connectivity index (χ1v) is 10.2. The molecule has 3 aromatic rings. The lowest BCUT2D eigenvalue weighted by molar-refractivity contribution is -0.384. The molecule has 0 radical (unpaired) electrons. The van der Waals surface area contributed by atoms with Gasteiger partial charge in [0.15, 0.2) is 0 Å². The van der Waals surface area contributed by atoms with Crippen LogP contribution < -0.4 is 10.2 Å². The van der Waals surface area contributed by atoms with Gasteiger partial charge in [-0.15, -0.1) is 0 Å². The summed E-state index contributed by atoms with van der Waals surface area (Å²) in [5.74, 6) is -0.322. The number of carbonyl (C=O) groups excluding carboxylic acids is 1. The Balaban J connectivity index is 1.42. The van der Waals surface area contributed by atoms with Crippen molar-refractivity contribution in [2.24, 2.45) is 0 Å².